The average molecular weight is 388 g/mol. The number of nitrogens with zero attached hydrogens (tertiary/aromatic N) is 2. The van der Waals surface area contributed by atoms with Crippen molar-refractivity contribution in [2.75, 3.05) is 11.9 Å². The normalized spacial score (nSPS) is 22.8. The molecule has 25 heavy (non-hydrogen) atoms. The van der Waals surface area contributed by atoms with Crippen LogP contribution in [0, 0.1) is 5.92 Å². The molecule has 0 saturated heterocycles. The summed E-state index contributed by atoms with van der Waals surface area (Å²) >= 11 is 1.83. The van der Waals surface area contributed by atoms with Crippen molar-refractivity contribution < 1.29 is 18.0 Å². The number of aromatic nitrogens is 2. The molecule has 4 rings (SSSR count). The lowest BCUT2D eigenvalue weighted by molar-refractivity contribution is -0.138. The zero-order chi connectivity index (χ0) is 17.6. The minimum Gasteiger partial charge on any atom is -0.313 e. The molecule has 2 aliphatic carbocycles. The van der Waals surface area contributed by atoms with E-state index in [-0.39, 0.29) is 5.13 Å². The Morgan fingerprint density at radius 2 is 2.12 bits per heavy atom. The Balaban J connectivity index is 1.33. The number of hydrogen-bond acceptors (Lipinski definition) is 6. The van der Waals surface area contributed by atoms with Crippen LogP contribution in [0.3, 0.4) is 0 Å². The molecule has 2 aromatic rings. The SMILES string of the molecule is O=C(Nc1nnc(C(F)(F)F)s1)c1csc(C2CC2NCC2CC2)c1. The largest absolute Gasteiger partial charge is 0.445 e. The first kappa shape index (κ1) is 16.9. The highest BCUT2D eigenvalue weighted by Crippen LogP contribution is 2.44. The van der Waals surface area contributed by atoms with Crippen LogP contribution in [0.2, 0.25) is 0 Å². The van der Waals surface area contributed by atoms with Gasteiger partial charge in [-0.1, -0.05) is 11.3 Å². The van der Waals surface area contributed by atoms with E-state index >= 15 is 0 Å². The summed E-state index contributed by atoms with van der Waals surface area (Å²) in [6.07, 6.45) is -0.852. The molecule has 2 saturated carbocycles. The van der Waals surface area contributed by atoms with Gasteiger partial charge in [0.2, 0.25) is 10.1 Å². The third-order valence-electron chi connectivity index (χ3n) is 4.29. The predicted molar refractivity (Wildman–Crippen MR) is 89.1 cm³/mol. The van der Waals surface area contributed by atoms with E-state index in [1.807, 2.05) is 6.07 Å². The summed E-state index contributed by atoms with van der Waals surface area (Å²) in [5.74, 6) is 0.804. The Morgan fingerprint density at radius 1 is 1.32 bits per heavy atom. The van der Waals surface area contributed by atoms with Gasteiger partial charge in [-0.05, 0) is 37.8 Å². The van der Waals surface area contributed by atoms with Crippen molar-refractivity contribution in [2.45, 2.75) is 37.4 Å². The number of alkyl halides is 3. The van der Waals surface area contributed by atoms with Crippen LogP contribution in [-0.2, 0) is 6.18 Å². The molecule has 0 spiro atoms. The van der Waals surface area contributed by atoms with E-state index in [1.165, 1.54) is 24.2 Å². The van der Waals surface area contributed by atoms with E-state index in [2.05, 4.69) is 20.8 Å². The van der Waals surface area contributed by atoms with Gasteiger partial charge in [0.1, 0.15) is 0 Å². The molecule has 0 bridgehead atoms. The van der Waals surface area contributed by atoms with Crippen LogP contribution < -0.4 is 10.6 Å². The second kappa shape index (κ2) is 6.33. The Bertz CT molecular complexity index is 784. The molecular weight excluding hydrogens is 373 g/mol. The number of nitrogens with one attached hydrogen (secondary N) is 2. The lowest BCUT2D eigenvalue weighted by atomic mass is 10.2. The van der Waals surface area contributed by atoms with Gasteiger partial charge in [-0.25, -0.2) is 0 Å². The average Bonchev–Trinajstić information content (AvgIpc) is 3.42. The van der Waals surface area contributed by atoms with Crippen LogP contribution in [0.1, 0.15) is 45.4 Å². The molecule has 0 aliphatic heterocycles. The summed E-state index contributed by atoms with van der Waals surface area (Å²) in [4.78, 5) is 13.3. The standard InChI is InChI=1S/C15H15F3N4OS2/c16-15(17,18)13-21-22-14(25-13)20-12(23)8-3-11(24-6-8)9-4-10(9)19-5-7-1-2-7/h3,6-7,9-10,19H,1-2,4-5H2,(H,20,22,23). The first-order chi connectivity index (χ1) is 11.9. The molecular formula is C15H15F3N4OS2. The van der Waals surface area contributed by atoms with E-state index in [0.29, 0.717) is 28.9 Å². The van der Waals surface area contributed by atoms with E-state index in [4.69, 9.17) is 0 Å². The topological polar surface area (TPSA) is 66.9 Å². The monoisotopic (exact) mass is 388 g/mol. The highest BCUT2D eigenvalue weighted by atomic mass is 32.1. The number of halogens is 3. The molecule has 2 fully saturated rings. The van der Waals surface area contributed by atoms with Crippen LogP contribution in [0.25, 0.3) is 0 Å². The fraction of sp³-hybridized carbons (Fsp3) is 0.533. The number of carbonyl (C=O) groups is 1. The molecule has 2 N–H and O–H groups in total. The molecule has 0 radical (unpaired) electrons. The molecule has 10 heteroatoms. The van der Waals surface area contributed by atoms with Crippen molar-refractivity contribution in [3.8, 4) is 0 Å². The molecule has 5 nitrogen and oxygen atoms in total. The van der Waals surface area contributed by atoms with E-state index in [1.54, 1.807) is 5.38 Å². The third-order valence-corrected chi connectivity index (χ3v) is 6.24. The van der Waals surface area contributed by atoms with Crippen molar-refractivity contribution in [1.82, 2.24) is 15.5 Å². The van der Waals surface area contributed by atoms with Gasteiger partial charge in [-0.15, -0.1) is 21.5 Å². The zero-order valence-corrected chi connectivity index (χ0v) is 14.6. The molecule has 2 atom stereocenters. The van der Waals surface area contributed by atoms with Crippen molar-refractivity contribution >= 4 is 33.7 Å². The molecule has 2 aromatic heterocycles. The predicted octanol–water partition coefficient (Wildman–Crippen LogP) is 3.73. The minimum absolute atomic E-state index is 0.152. The fourth-order valence-corrected chi connectivity index (χ4v) is 4.27. The number of thiophene rings is 1. The van der Waals surface area contributed by atoms with Crippen LogP contribution >= 0.6 is 22.7 Å². The summed E-state index contributed by atoms with van der Waals surface area (Å²) in [5.41, 5.74) is 0.441. The summed E-state index contributed by atoms with van der Waals surface area (Å²) in [6, 6.07) is 2.29. The van der Waals surface area contributed by atoms with Crippen molar-refractivity contribution in [3.63, 3.8) is 0 Å². The van der Waals surface area contributed by atoms with Crippen molar-refractivity contribution in [2.24, 2.45) is 5.92 Å². The van der Waals surface area contributed by atoms with E-state index < -0.39 is 17.1 Å². The van der Waals surface area contributed by atoms with Gasteiger partial charge in [0, 0.05) is 22.2 Å². The summed E-state index contributed by atoms with van der Waals surface area (Å²) in [7, 11) is 0. The molecule has 2 unspecified atom stereocenters. The molecule has 0 aromatic carbocycles. The number of rotatable bonds is 6. The maximum atomic E-state index is 12.5. The highest BCUT2D eigenvalue weighted by molar-refractivity contribution is 7.15. The first-order valence-corrected chi connectivity index (χ1v) is 9.63. The van der Waals surface area contributed by atoms with Crippen LogP contribution in [-0.4, -0.2) is 28.7 Å². The zero-order valence-electron chi connectivity index (χ0n) is 13.0. The van der Waals surface area contributed by atoms with Gasteiger partial charge in [0.15, 0.2) is 0 Å². The summed E-state index contributed by atoms with van der Waals surface area (Å²) < 4.78 is 37.5. The van der Waals surface area contributed by atoms with Crippen LogP contribution in [0.15, 0.2) is 11.4 Å². The number of hydrogen-bond donors (Lipinski definition) is 2. The lowest BCUT2D eigenvalue weighted by Crippen LogP contribution is -2.20. The lowest BCUT2D eigenvalue weighted by Gasteiger charge is -2.01. The smallest absolute Gasteiger partial charge is 0.313 e. The minimum atomic E-state index is -4.55. The maximum absolute atomic E-state index is 12.5. The fourth-order valence-electron chi connectivity index (χ4n) is 2.60. The van der Waals surface area contributed by atoms with Gasteiger partial charge in [0.25, 0.3) is 5.91 Å². The van der Waals surface area contributed by atoms with Crippen LogP contribution in [0.4, 0.5) is 18.3 Å². The quantitative estimate of drug-likeness (QED) is 0.791. The van der Waals surface area contributed by atoms with Gasteiger partial charge < -0.3 is 5.32 Å². The van der Waals surface area contributed by atoms with E-state index in [0.717, 1.165) is 23.8 Å². The molecule has 1 amide bonds. The Kier molecular flexibility index (Phi) is 4.28. The Hall–Kier alpha value is -1.52. The van der Waals surface area contributed by atoms with Gasteiger partial charge in [0.05, 0.1) is 5.56 Å². The van der Waals surface area contributed by atoms with Crippen LogP contribution in [0.5, 0.6) is 0 Å². The van der Waals surface area contributed by atoms with Crippen molar-refractivity contribution in [3.05, 3.63) is 26.9 Å². The van der Waals surface area contributed by atoms with Gasteiger partial charge >= 0.3 is 6.18 Å². The van der Waals surface area contributed by atoms with Crippen molar-refractivity contribution in [1.29, 1.82) is 0 Å². The molecule has 2 heterocycles. The Labute approximate surface area is 149 Å². The number of carbonyl (C=O) groups excluding carboxylic acids is 1. The van der Waals surface area contributed by atoms with Gasteiger partial charge in [-0.3, -0.25) is 10.1 Å². The number of amides is 1. The Morgan fingerprint density at radius 3 is 2.80 bits per heavy atom. The van der Waals surface area contributed by atoms with Gasteiger partial charge in [-0.2, -0.15) is 13.2 Å². The van der Waals surface area contributed by atoms with E-state index in [9.17, 15) is 18.0 Å². The molecule has 2 aliphatic rings. The number of anilines is 1. The maximum Gasteiger partial charge on any atom is 0.445 e. The second-order valence-electron chi connectivity index (χ2n) is 6.40. The third kappa shape index (κ3) is 4.01. The first-order valence-electron chi connectivity index (χ1n) is 7.94. The summed E-state index contributed by atoms with van der Waals surface area (Å²) in [5, 5.41) is 12.9. The summed E-state index contributed by atoms with van der Waals surface area (Å²) in [6.45, 7) is 1.07. The second-order valence-corrected chi connectivity index (χ2v) is 8.32. The highest BCUT2D eigenvalue weighted by Gasteiger charge is 2.40. The molecule has 134 valence electrons.